The molecular formula is C12H20N2O2. The van der Waals surface area contributed by atoms with Crippen molar-refractivity contribution in [3.8, 4) is 0 Å². The first-order valence-corrected chi connectivity index (χ1v) is 5.51. The van der Waals surface area contributed by atoms with Gasteiger partial charge in [0.05, 0.1) is 18.4 Å². The molecule has 1 heterocycles. The van der Waals surface area contributed by atoms with Crippen molar-refractivity contribution in [1.29, 1.82) is 0 Å². The molecule has 1 rings (SSSR count). The fraction of sp³-hybridized carbons (Fsp3) is 0.583. The van der Waals surface area contributed by atoms with Crippen molar-refractivity contribution < 1.29 is 9.84 Å². The summed E-state index contributed by atoms with van der Waals surface area (Å²) in [6.07, 6.45) is 2.17. The lowest BCUT2D eigenvalue weighted by molar-refractivity contribution is 0.0594. The number of nitrogens with zero attached hydrogens (tertiary/aromatic N) is 1. The summed E-state index contributed by atoms with van der Waals surface area (Å²) in [6.45, 7) is 3.91. The first-order valence-electron chi connectivity index (χ1n) is 5.51. The van der Waals surface area contributed by atoms with Gasteiger partial charge in [0.15, 0.2) is 0 Å². The Labute approximate surface area is 96.7 Å². The molecule has 1 aromatic rings. The van der Waals surface area contributed by atoms with Gasteiger partial charge in [-0.15, -0.1) is 0 Å². The second kappa shape index (κ2) is 7.33. The van der Waals surface area contributed by atoms with E-state index in [0.717, 1.165) is 18.8 Å². The van der Waals surface area contributed by atoms with Gasteiger partial charge in [0, 0.05) is 19.9 Å². The van der Waals surface area contributed by atoms with Crippen molar-refractivity contribution in [2.24, 2.45) is 0 Å². The van der Waals surface area contributed by atoms with Crippen molar-refractivity contribution >= 4 is 0 Å². The number of aryl methyl sites for hydroxylation is 1. The molecular weight excluding hydrogens is 204 g/mol. The predicted molar refractivity (Wildman–Crippen MR) is 63.2 cm³/mol. The minimum atomic E-state index is -0.386. The van der Waals surface area contributed by atoms with E-state index in [1.54, 1.807) is 7.11 Å². The number of aliphatic hydroxyl groups is 1. The molecule has 0 fully saturated rings. The molecule has 0 amide bonds. The van der Waals surface area contributed by atoms with Crippen molar-refractivity contribution in [2.75, 3.05) is 20.3 Å². The Morgan fingerprint density at radius 3 is 2.94 bits per heavy atom. The molecule has 16 heavy (non-hydrogen) atoms. The minimum absolute atomic E-state index is 0.386. The Morgan fingerprint density at radius 1 is 1.50 bits per heavy atom. The molecule has 0 radical (unpaired) electrons. The van der Waals surface area contributed by atoms with E-state index in [1.165, 1.54) is 5.56 Å². The van der Waals surface area contributed by atoms with Gasteiger partial charge in [0.25, 0.3) is 0 Å². The average molecular weight is 224 g/mol. The molecule has 4 heteroatoms. The topological polar surface area (TPSA) is 54.4 Å². The van der Waals surface area contributed by atoms with Crippen molar-refractivity contribution in [3.63, 3.8) is 0 Å². The molecule has 0 saturated heterocycles. The van der Waals surface area contributed by atoms with E-state index in [9.17, 15) is 5.11 Å². The number of ether oxygens (including phenoxy) is 1. The van der Waals surface area contributed by atoms with E-state index in [0.29, 0.717) is 13.0 Å². The Bertz CT molecular complexity index is 288. The molecule has 0 spiro atoms. The molecule has 0 bridgehead atoms. The Balaban J connectivity index is 2.13. The van der Waals surface area contributed by atoms with Gasteiger partial charge in [-0.05, 0) is 31.5 Å². The second-order valence-corrected chi connectivity index (χ2v) is 3.90. The number of aliphatic hydroxyl groups excluding tert-OH is 1. The lowest BCUT2D eigenvalue weighted by Gasteiger charge is -2.09. The third kappa shape index (κ3) is 5.21. The maximum atomic E-state index is 9.40. The van der Waals surface area contributed by atoms with Gasteiger partial charge in [0.1, 0.15) is 0 Å². The third-order valence-electron chi connectivity index (χ3n) is 2.29. The Hall–Kier alpha value is -0.970. The molecule has 90 valence electrons. The zero-order valence-electron chi connectivity index (χ0n) is 9.94. The summed E-state index contributed by atoms with van der Waals surface area (Å²) in [5.74, 6) is 0. The highest BCUT2D eigenvalue weighted by Crippen LogP contribution is 1.98. The highest BCUT2D eigenvalue weighted by molar-refractivity contribution is 5.11. The van der Waals surface area contributed by atoms with Crippen LogP contribution >= 0.6 is 0 Å². The summed E-state index contributed by atoms with van der Waals surface area (Å²) in [7, 11) is 1.59. The maximum Gasteiger partial charge on any atom is 0.0785 e. The number of nitrogens with one attached hydrogen (secondary N) is 1. The fourth-order valence-corrected chi connectivity index (χ4v) is 1.36. The Kier molecular flexibility index (Phi) is 6.00. The van der Waals surface area contributed by atoms with Crippen LogP contribution in [0.4, 0.5) is 0 Å². The highest BCUT2D eigenvalue weighted by Gasteiger charge is 2.02. The van der Waals surface area contributed by atoms with E-state index in [2.05, 4.69) is 10.3 Å². The van der Waals surface area contributed by atoms with Gasteiger partial charge in [-0.3, -0.25) is 4.98 Å². The number of pyridine rings is 1. The smallest absolute Gasteiger partial charge is 0.0785 e. The van der Waals surface area contributed by atoms with Crippen LogP contribution in [0.2, 0.25) is 0 Å². The minimum Gasteiger partial charge on any atom is -0.391 e. The van der Waals surface area contributed by atoms with E-state index in [-0.39, 0.29) is 6.10 Å². The van der Waals surface area contributed by atoms with Gasteiger partial charge in [-0.2, -0.15) is 0 Å². The van der Waals surface area contributed by atoms with E-state index in [1.807, 2.05) is 25.3 Å². The second-order valence-electron chi connectivity index (χ2n) is 3.90. The standard InChI is InChI=1S/C12H20N2O2/c1-10-3-4-11(14-7-10)8-13-6-5-12(15)9-16-2/h3-4,7,12-13,15H,5-6,8-9H2,1-2H3. The normalized spacial score (nSPS) is 12.7. The van der Waals surface area contributed by atoms with Crippen molar-refractivity contribution in [1.82, 2.24) is 10.3 Å². The summed E-state index contributed by atoms with van der Waals surface area (Å²) in [5, 5.41) is 12.6. The Morgan fingerprint density at radius 2 is 2.31 bits per heavy atom. The summed E-state index contributed by atoms with van der Waals surface area (Å²) in [6, 6.07) is 4.05. The third-order valence-corrected chi connectivity index (χ3v) is 2.29. The molecule has 1 aromatic heterocycles. The molecule has 4 nitrogen and oxygen atoms in total. The number of hydrogen-bond acceptors (Lipinski definition) is 4. The summed E-state index contributed by atoms with van der Waals surface area (Å²) in [5.41, 5.74) is 2.19. The summed E-state index contributed by atoms with van der Waals surface area (Å²) in [4.78, 5) is 4.28. The van der Waals surface area contributed by atoms with Gasteiger partial charge in [0.2, 0.25) is 0 Å². The molecule has 0 aliphatic heterocycles. The van der Waals surface area contributed by atoms with Gasteiger partial charge < -0.3 is 15.2 Å². The van der Waals surface area contributed by atoms with E-state index < -0.39 is 0 Å². The van der Waals surface area contributed by atoms with Crippen LogP contribution < -0.4 is 5.32 Å². The quantitative estimate of drug-likeness (QED) is 0.675. The zero-order chi connectivity index (χ0) is 11.8. The number of aromatic nitrogens is 1. The molecule has 1 unspecified atom stereocenters. The largest absolute Gasteiger partial charge is 0.391 e. The first-order chi connectivity index (χ1) is 7.72. The summed E-state index contributed by atoms with van der Waals surface area (Å²) < 4.78 is 4.84. The first kappa shape index (κ1) is 13.1. The van der Waals surface area contributed by atoms with Crippen LogP contribution in [0.25, 0.3) is 0 Å². The lowest BCUT2D eigenvalue weighted by atomic mass is 10.2. The van der Waals surface area contributed by atoms with Gasteiger partial charge in [-0.25, -0.2) is 0 Å². The fourth-order valence-electron chi connectivity index (χ4n) is 1.36. The molecule has 0 saturated carbocycles. The highest BCUT2D eigenvalue weighted by atomic mass is 16.5. The van der Waals surface area contributed by atoms with Crippen LogP contribution in [0.5, 0.6) is 0 Å². The van der Waals surface area contributed by atoms with Gasteiger partial charge in [-0.1, -0.05) is 6.07 Å². The monoisotopic (exact) mass is 224 g/mol. The SMILES string of the molecule is COCC(O)CCNCc1ccc(C)cn1. The van der Waals surface area contributed by atoms with E-state index >= 15 is 0 Å². The van der Waals surface area contributed by atoms with Crippen LogP contribution in [0.3, 0.4) is 0 Å². The molecule has 0 aromatic carbocycles. The lowest BCUT2D eigenvalue weighted by Crippen LogP contribution is -2.23. The van der Waals surface area contributed by atoms with Crippen molar-refractivity contribution in [2.45, 2.75) is 26.0 Å². The van der Waals surface area contributed by atoms with Crippen LogP contribution in [0.15, 0.2) is 18.3 Å². The predicted octanol–water partition coefficient (Wildman–Crippen LogP) is 0.877. The molecule has 2 N–H and O–H groups in total. The summed E-state index contributed by atoms with van der Waals surface area (Å²) >= 11 is 0. The van der Waals surface area contributed by atoms with Gasteiger partial charge >= 0.3 is 0 Å². The van der Waals surface area contributed by atoms with Crippen LogP contribution in [0, 0.1) is 6.92 Å². The molecule has 0 aliphatic rings. The molecule has 0 aliphatic carbocycles. The number of methoxy groups -OCH3 is 1. The number of hydrogen-bond donors (Lipinski definition) is 2. The van der Waals surface area contributed by atoms with E-state index in [4.69, 9.17) is 4.74 Å². The molecule has 1 atom stereocenters. The number of rotatable bonds is 7. The van der Waals surface area contributed by atoms with Crippen LogP contribution in [0.1, 0.15) is 17.7 Å². The maximum absolute atomic E-state index is 9.40. The zero-order valence-corrected chi connectivity index (χ0v) is 9.94. The van der Waals surface area contributed by atoms with Crippen molar-refractivity contribution in [3.05, 3.63) is 29.6 Å². The van der Waals surface area contributed by atoms with Crippen LogP contribution in [-0.2, 0) is 11.3 Å². The average Bonchev–Trinajstić information content (AvgIpc) is 2.27. The van der Waals surface area contributed by atoms with Crippen LogP contribution in [-0.4, -0.2) is 36.5 Å².